The van der Waals surface area contributed by atoms with Gasteiger partial charge < -0.3 is 9.84 Å². The molecule has 110 valence electrons. The van der Waals surface area contributed by atoms with Crippen molar-refractivity contribution in [3.05, 3.63) is 35.4 Å². The van der Waals surface area contributed by atoms with E-state index in [0.29, 0.717) is 5.92 Å². The lowest BCUT2D eigenvalue weighted by molar-refractivity contribution is 0.0255. The largest absolute Gasteiger partial charge is 0.478 e. The average molecular weight is 278 g/mol. The number of esters is 1. The summed E-state index contributed by atoms with van der Waals surface area (Å²) in [7, 11) is 0. The van der Waals surface area contributed by atoms with Crippen molar-refractivity contribution in [3.63, 3.8) is 0 Å². The number of carboxylic acid groups (broad SMARTS) is 1. The third-order valence-corrected chi connectivity index (χ3v) is 3.17. The Hall–Kier alpha value is -1.84. The lowest BCUT2D eigenvalue weighted by Gasteiger charge is -2.17. The van der Waals surface area contributed by atoms with Crippen LogP contribution in [-0.2, 0) is 4.74 Å². The Kier molecular flexibility index (Phi) is 6.22. The second kappa shape index (κ2) is 7.68. The number of hydrogen-bond acceptors (Lipinski definition) is 3. The van der Waals surface area contributed by atoms with Gasteiger partial charge in [0.05, 0.1) is 11.1 Å². The van der Waals surface area contributed by atoms with E-state index in [2.05, 4.69) is 13.8 Å². The Morgan fingerprint density at radius 1 is 1.15 bits per heavy atom. The summed E-state index contributed by atoms with van der Waals surface area (Å²) < 4.78 is 5.42. The van der Waals surface area contributed by atoms with Gasteiger partial charge in [-0.15, -0.1) is 0 Å². The zero-order valence-electron chi connectivity index (χ0n) is 12.3. The fraction of sp³-hybridized carbons (Fsp3) is 0.500. The van der Waals surface area contributed by atoms with Crippen LogP contribution >= 0.6 is 0 Å². The van der Waals surface area contributed by atoms with Crippen LogP contribution in [0.25, 0.3) is 0 Å². The highest BCUT2D eigenvalue weighted by molar-refractivity contribution is 6.02. The first-order chi connectivity index (χ1) is 9.45. The van der Waals surface area contributed by atoms with E-state index < -0.39 is 11.9 Å². The Balaban J connectivity index is 2.77. The number of carbonyl (C=O) groups is 2. The van der Waals surface area contributed by atoms with Crippen LogP contribution in [0.2, 0.25) is 0 Å². The molecule has 0 heterocycles. The van der Waals surface area contributed by atoms with E-state index >= 15 is 0 Å². The first kappa shape index (κ1) is 16.2. The molecule has 20 heavy (non-hydrogen) atoms. The summed E-state index contributed by atoms with van der Waals surface area (Å²) in [5.74, 6) is -1.12. The number of rotatable bonds is 7. The van der Waals surface area contributed by atoms with Crippen LogP contribution in [0.5, 0.6) is 0 Å². The highest BCUT2D eigenvalue weighted by Gasteiger charge is 2.20. The summed E-state index contributed by atoms with van der Waals surface area (Å²) in [4.78, 5) is 23.2. The molecule has 0 aromatic heterocycles. The minimum atomic E-state index is -1.12. The molecule has 1 unspecified atom stereocenters. The van der Waals surface area contributed by atoms with Crippen LogP contribution in [0.15, 0.2) is 24.3 Å². The molecule has 0 saturated carbocycles. The molecule has 0 aliphatic rings. The normalized spacial score (nSPS) is 12.2. The SMILES string of the molecule is CCC(CCC(C)C)OC(=O)c1ccccc1C(=O)O. The predicted octanol–water partition coefficient (Wildman–Crippen LogP) is 3.76. The Bertz CT molecular complexity index is 465. The van der Waals surface area contributed by atoms with E-state index in [1.54, 1.807) is 12.1 Å². The highest BCUT2D eigenvalue weighted by atomic mass is 16.5. The van der Waals surface area contributed by atoms with Crippen molar-refractivity contribution in [1.29, 1.82) is 0 Å². The van der Waals surface area contributed by atoms with Crippen molar-refractivity contribution in [2.45, 2.75) is 46.1 Å². The van der Waals surface area contributed by atoms with Gasteiger partial charge in [-0.3, -0.25) is 0 Å². The van der Waals surface area contributed by atoms with Gasteiger partial charge in [-0.1, -0.05) is 32.9 Å². The minimum absolute atomic E-state index is 0.0174. The highest BCUT2D eigenvalue weighted by Crippen LogP contribution is 2.16. The Morgan fingerprint density at radius 3 is 2.25 bits per heavy atom. The number of hydrogen-bond donors (Lipinski definition) is 1. The van der Waals surface area contributed by atoms with Crippen molar-refractivity contribution in [2.24, 2.45) is 5.92 Å². The summed E-state index contributed by atoms with van der Waals surface area (Å²) in [5.41, 5.74) is 0.0965. The van der Waals surface area contributed by atoms with Crippen LogP contribution in [0.1, 0.15) is 60.7 Å². The van der Waals surface area contributed by atoms with Crippen molar-refractivity contribution in [3.8, 4) is 0 Å². The topological polar surface area (TPSA) is 63.6 Å². The lowest BCUT2D eigenvalue weighted by atomic mass is 10.0. The van der Waals surface area contributed by atoms with Crippen LogP contribution in [0, 0.1) is 5.92 Å². The molecule has 0 aliphatic heterocycles. The monoisotopic (exact) mass is 278 g/mol. The van der Waals surface area contributed by atoms with Crippen molar-refractivity contribution >= 4 is 11.9 Å². The molecule has 0 aliphatic carbocycles. The van der Waals surface area contributed by atoms with E-state index in [-0.39, 0.29) is 17.2 Å². The summed E-state index contributed by atoms with van der Waals surface area (Å²) >= 11 is 0. The van der Waals surface area contributed by atoms with Gasteiger partial charge in [0.15, 0.2) is 0 Å². The fourth-order valence-electron chi connectivity index (χ4n) is 1.93. The zero-order valence-corrected chi connectivity index (χ0v) is 12.3. The van der Waals surface area contributed by atoms with Gasteiger partial charge >= 0.3 is 11.9 Å². The standard InChI is InChI=1S/C16H22O4/c1-4-12(10-9-11(2)3)20-16(19)14-8-6-5-7-13(14)15(17)18/h5-8,11-12H,4,9-10H2,1-3H3,(H,17,18). The lowest BCUT2D eigenvalue weighted by Crippen LogP contribution is -2.20. The Morgan fingerprint density at radius 2 is 1.75 bits per heavy atom. The van der Waals surface area contributed by atoms with Gasteiger partial charge in [0.25, 0.3) is 0 Å². The molecule has 0 saturated heterocycles. The number of aromatic carboxylic acids is 1. The molecule has 1 aromatic carbocycles. The van der Waals surface area contributed by atoms with Crippen LogP contribution in [-0.4, -0.2) is 23.1 Å². The maximum atomic E-state index is 12.1. The molecule has 0 spiro atoms. The molecule has 4 heteroatoms. The van der Waals surface area contributed by atoms with Crippen LogP contribution in [0.4, 0.5) is 0 Å². The minimum Gasteiger partial charge on any atom is -0.478 e. The molecular weight excluding hydrogens is 256 g/mol. The third kappa shape index (κ3) is 4.68. The first-order valence-electron chi connectivity index (χ1n) is 6.99. The van der Waals surface area contributed by atoms with Gasteiger partial charge in [-0.05, 0) is 37.3 Å². The van der Waals surface area contributed by atoms with Gasteiger partial charge in [0.1, 0.15) is 6.10 Å². The van der Waals surface area contributed by atoms with E-state index in [0.717, 1.165) is 19.3 Å². The zero-order chi connectivity index (χ0) is 15.1. The van der Waals surface area contributed by atoms with E-state index in [1.165, 1.54) is 12.1 Å². The van der Waals surface area contributed by atoms with Crippen molar-refractivity contribution in [1.82, 2.24) is 0 Å². The fourth-order valence-corrected chi connectivity index (χ4v) is 1.93. The maximum Gasteiger partial charge on any atom is 0.339 e. The van der Waals surface area contributed by atoms with Gasteiger partial charge in [-0.25, -0.2) is 9.59 Å². The van der Waals surface area contributed by atoms with Crippen molar-refractivity contribution in [2.75, 3.05) is 0 Å². The first-order valence-corrected chi connectivity index (χ1v) is 6.99. The Labute approximate surface area is 119 Å². The quantitative estimate of drug-likeness (QED) is 0.771. The molecule has 0 bridgehead atoms. The van der Waals surface area contributed by atoms with Gasteiger partial charge in [-0.2, -0.15) is 0 Å². The third-order valence-electron chi connectivity index (χ3n) is 3.17. The maximum absolute atomic E-state index is 12.1. The molecule has 0 fully saturated rings. The number of carbonyl (C=O) groups excluding carboxylic acids is 1. The smallest absolute Gasteiger partial charge is 0.339 e. The molecule has 0 radical (unpaired) electrons. The van der Waals surface area contributed by atoms with E-state index in [1.807, 2.05) is 6.92 Å². The van der Waals surface area contributed by atoms with Crippen LogP contribution in [0.3, 0.4) is 0 Å². The van der Waals surface area contributed by atoms with E-state index in [4.69, 9.17) is 9.84 Å². The summed E-state index contributed by atoms with van der Waals surface area (Å²) in [6.07, 6.45) is 2.35. The molecule has 1 atom stereocenters. The average Bonchev–Trinajstić information content (AvgIpc) is 2.42. The predicted molar refractivity (Wildman–Crippen MR) is 77.0 cm³/mol. The number of ether oxygens (including phenoxy) is 1. The molecule has 1 rings (SSSR count). The molecule has 0 amide bonds. The summed E-state index contributed by atoms with van der Waals surface area (Å²) in [5, 5.41) is 9.07. The summed E-state index contributed by atoms with van der Waals surface area (Å²) in [6.45, 7) is 6.20. The van der Waals surface area contributed by atoms with E-state index in [9.17, 15) is 9.59 Å². The van der Waals surface area contributed by atoms with Gasteiger partial charge in [0.2, 0.25) is 0 Å². The molecular formula is C16H22O4. The van der Waals surface area contributed by atoms with Crippen LogP contribution < -0.4 is 0 Å². The molecule has 1 N–H and O–H groups in total. The molecule has 4 nitrogen and oxygen atoms in total. The summed E-state index contributed by atoms with van der Waals surface area (Å²) in [6, 6.07) is 6.13. The number of benzene rings is 1. The van der Waals surface area contributed by atoms with Crippen molar-refractivity contribution < 1.29 is 19.4 Å². The molecule has 1 aromatic rings. The van der Waals surface area contributed by atoms with Gasteiger partial charge in [0, 0.05) is 0 Å². The number of carboxylic acids is 1. The second-order valence-corrected chi connectivity index (χ2v) is 5.26. The second-order valence-electron chi connectivity index (χ2n) is 5.26.